The van der Waals surface area contributed by atoms with Gasteiger partial charge in [0, 0.05) is 18.1 Å². The van der Waals surface area contributed by atoms with Gasteiger partial charge in [0.2, 0.25) is 5.91 Å². The molecule has 0 spiro atoms. The van der Waals surface area contributed by atoms with E-state index in [2.05, 4.69) is 16.3 Å². The predicted octanol–water partition coefficient (Wildman–Crippen LogP) is 2.62. The van der Waals surface area contributed by atoms with Crippen molar-refractivity contribution >= 4 is 17.5 Å². The van der Waals surface area contributed by atoms with Gasteiger partial charge in [0.25, 0.3) is 0 Å². The maximum atomic E-state index is 12.0. The van der Waals surface area contributed by atoms with Gasteiger partial charge in [-0.25, -0.2) is 0 Å². The van der Waals surface area contributed by atoms with Crippen molar-refractivity contribution in [3.05, 3.63) is 34.9 Å². The smallest absolute Gasteiger partial charge is 0.234 e. The lowest BCUT2D eigenvalue weighted by Gasteiger charge is -2.35. The standard InChI is InChI=1S/C17H22ClN3O/c1-17(12-19)7-3-9-21(13-17)11-16(22)20-8-6-14-4-2-5-15(18)10-14/h2,4-5,10H,3,6-9,11,13H2,1H3,(H,20,22)/t17-/m0/s1. The second kappa shape index (κ2) is 7.62. The van der Waals surface area contributed by atoms with Crippen molar-refractivity contribution in [1.82, 2.24) is 10.2 Å². The van der Waals surface area contributed by atoms with Crippen LogP contribution >= 0.6 is 11.6 Å². The van der Waals surface area contributed by atoms with Crippen molar-refractivity contribution in [2.24, 2.45) is 5.41 Å². The maximum absolute atomic E-state index is 12.0. The molecule has 1 atom stereocenters. The average Bonchev–Trinajstić information content (AvgIpc) is 2.47. The van der Waals surface area contributed by atoms with E-state index in [-0.39, 0.29) is 11.3 Å². The second-order valence-corrected chi connectivity index (χ2v) is 6.65. The summed E-state index contributed by atoms with van der Waals surface area (Å²) in [5.41, 5.74) is 0.794. The zero-order valence-corrected chi connectivity index (χ0v) is 13.7. The highest BCUT2D eigenvalue weighted by Crippen LogP contribution is 2.28. The third-order valence-electron chi connectivity index (χ3n) is 4.04. The van der Waals surface area contributed by atoms with E-state index in [1.807, 2.05) is 31.2 Å². The molecular formula is C17H22ClN3O. The molecule has 2 rings (SSSR count). The van der Waals surface area contributed by atoms with Crippen molar-refractivity contribution in [2.45, 2.75) is 26.2 Å². The average molecular weight is 320 g/mol. The number of amides is 1. The number of rotatable bonds is 5. The number of carbonyl (C=O) groups excluding carboxylic acids is 1. The van der Waals surface area contributed by atoms with Crippen LogP contribution in [0.25, 0.3) is 0 Å². The van der Waals surface area contributed by atoms with E-state index in [1.54, 1.807) is 0 Å². The Morgan fingerprint density at radius 2 is 2.36 bits per heavy atom. The molecule has 5 heteroatoms. The van der Waals surface area contributed by atoms with Crippen LogP contribution in [0.4, 0.5) is 0 Å². The number of carbonyl (C=O) groups is 1. The molecule has 0 saturated carbocycles. The third-order valence-corrected chi connectivity index (χ3v) is 4.27. The van der Waals surface area contributed by atoms with E-state index in [4.69, 9.17) is 11.6 Å². The van der Waals surface area contributed by atoms with Crippen LogP contribution in [0.5, 0.6) is 0 Å². The fraction of sp³-hybridized carbons (Fsp3) is 0.529. The fourth-order valence-electron chi connectivity index (χ4n) is 2.87. The Hall–Kier alpha value is -1.57. The molecule has 1 fully saturated rings. The van der Waals surface area contributed by atoms with Gasteiger partial charge in [0.05, 0.1) is 18.0 Å². The van der Waals surface area contributed by atoms with E-state index in [0.717, 1.165) is 31.4 Å². The molecule has 0 radical (unpaired) electrons. The summed E-state index contributed by atoms with van der Waals surface area (Å²) in [7, 11) is 0. The van der Waals surface area contributed by atoms with Gasteiger partial charge in [0.1, 0.15) is 0 Å². The number of likely N-dealkylation sites (tertiary alicyclic amines) is 1. The molecule has 0 aromatic heterocycles. The van der Waals surface area contributed by atoms with Crippen LogP contribution in [0.1, 0.15) is 25.3 Å². The Labute approximate surface area is 137 Å². The van der Waals surface area contributed by atoms with Crippen molar-refractivity contribution in [3.63, 3.8) is 0 Å². The zero-order chi connectivity index (χ0) is 16.0. The summed E-state index contributed by atoms with van der Waals surface area (Å²) in [5.74, 6) is 0.0178. The lowest BCUT2D eigenvalue weighted by atomic mass is 9.83. The number of hydrogen-bond acceptors (Lipinski definition) is 3. The van der Waals surface area contributed by atoms with Gasteiger partial charge in [-0.1, -0.05) is 23.7 Å². The molecule has 1 aliphatic heterocycles. The molecule has 22 heavy (non-hydrogen) atoms. The zero-order valence-electron chi connectivity index (χ0n) is 12.9. The van der Waals surface area contributed by atoms with E-state index < -0.39 is 0 Å². The molecule has 1 heterocycles. The first-order chi connectivity index (χ1) is 10.5. The van der Waals surface area contributed by atoms with Gasteiger partial charge in [-0.05, 0) is 50.4 Å². The summed E-state index contributed by atoms with van der Waals surface area (Å²) in [6, 6.07) is 10.0. The summed E-state index contributed by atoms with van der Waals surface area (Å²) in [5, 5.41) is 12.9. The van der Waals surface area contributed by atoms with Crippen LogP contribution in [0.2, 0.25) is 5.02 Å². The van der Waals surface area contributed by atoms with Gasteiger partial charge in [-0.2, -0.15) is 5.26 Å². The first-order valence-corrected chi connectivity index (χ1v) is 8.03. The number of nitriles is 1. The van der Waals surface area contributed by atoms with Crippen LogP contribution < -0.4 is 5.32 Å². The van der Waals surface area contributed by atoms with Crippen LogP contribution in [-0.2, 0) is 11.2 Å². The summed E-state index contributed by atoms with van der Waals surface area (Å²) >= 11 is 5.94. The first kappa shape index (κ1) is 16.8. The van der Waals surface area contributed by atoms with E-state index in [9.17, 15) is 10.1 Å². The number of hydrogen-bond donors (Lipinski definition) is 1. The van der Waals surface area contributed by atoms with Gasteiger partial charge >= 0.3 is 0 Å². The minimum atomic E-state index is -0.320. The van der Waals surface area contributed by atoms with Gasteiger partial charge < -0.3 is 5.32 Å². The lowest BCUT2D eigenvalue weighted by molar-refractivity contribution is -0.122. The largest absolute Gasteiger partial charge is 0.355 e. The van der Waals surface area contributed by atoms with Crippen LogP contribution in [-0.4, -0.2) is 37.0 Å². The summed E-state index contributed by atoms with van der Waals surface area (Å²) in [6.07, 6.45) is 2.65. The summed E-state index contributed by atoms with van der Waals surface area (Å²) in [6.45, 7) is 4.50. The Morgan fingerprint density at radius 1 is 1.55 bits per heavy atom. The number of piperidine rings is 1. The molecule has 0 unspecified atom stereocenters. The van der Waals surface area contributed by atoms with Crippen molar-refractivity contribution in [2.75, 3.05) is 26.2 Å². The molecule has 0 bridgehead atoms. The maximum Gasteiger partial charge on any atom is 0.234 e. The van der Waals surface area contributed by atoms with Crippen molar-refractivity contribution < 1.29 is 4.79 Å². The Balaban J connectivity index is 1.73. The number of benzene rings is 1. The topological polar surface area (TPSA) is 56.1 Å². The third kappa shape index (κ3) is 5.01. The van der Waals surface area contributed by atoms with Crippen molar-refractivity contribution in [3.8, 4) is 6.07 Å². The molecule has 1 aromatic carbocycles. The Bertz CT molecular complexity index is 569. The Kier molecular flexibility index (Phi) is 5.82. The minimum absolute atomic E-state index is 0.0178. The van der Waals surface area contributed by atoms with Crippen LogP contribution in [0, 0.1) is 16.7 Å². The van der Waals surface area contributed by atoms with E-state index in [1.165, 1.54) is 0 Å². The van der Waals surface area contributed by atoms with Gasteiger partial charge in [0.15, 0.2) is 0 Å². The lowest BCUT2D eigenvalue weighted by Crippen LogP contribution is -2.46. The highest BCUT2D eigenvalue weighted by atomic mass is 35.5. The molecule has 118 valence electrons. The molecule has 1 N–H and O–H groups in total. The highest BCUT2D eigenvalue weighted by Gasteiger charge is 2.31. The number of halogens is 1. The normalized spacial score (nSPS) is 22.0. The first-order valence-electron chi connectivity index (χ1n) is 7.65. The number of nitrogens with one attached hydrogen (secondary N) is 1. The second-order valence-electron chi connectivity index (χ2n) is 6.22. The Morgan fingerprint density at radius 3 is 3.09 bits per heavy atom. The molecule has 4 nitrogen and oxygen atoms in total. The fourth-order valence-corrected chi connectivity index (χ4v) is 3.08. The van der Waals surface area contributed by atoms with Gasteiger partial charge in [-0.3, -0.25) is 9.69 Å². The molecule has 0 aliphatic carbocycles. The summed E-state index contributed by atoms with van der Waals surface area (Å²) < 4.78 is 0. The molecule has 1 saturated heterocycles. The van der Waals surface area contributed by atoms with Crippen molar-refractivity contribution in [1.29, 1.82) is 5.26 Å². The minimum Gasteiger partial charge on any atom is -0.355 e. The molecule has 1 aromatic rings. The molecular weight excluding hydrogens is 298 g/mol. The molecule has 1 amide bonds. The van der Waals surface area contributed by atoms with E-state index in [0.29, 0.717) is 24.7 Å². The van der Waals surface area contributed by atoms with Crippen LogP contribution in [0.3, 0.4) is 0 Å². The quantitative estimate of drug-likeness (QED) is 0.907. The van der Waals surface area contributed by atoms with Gasteiger partial charge in [-0.15, -0.1) is 0 Å². The SMILES string of the molecule is C[C@@]1(C#N)CCCN(CC(=O)NCCc2cccc(Cl)c2)C1. The summed E-state index contributed by atoms with van der Waals surface area (Å²) in [4.78, 5) is 14.1. The van der Waals surface area contributed by atoms with E-state index >= 15 is 0 Å². The highest BCUT2D eigenvalue weighted by molar-refractivity contribution is 6.30. The number of nitrogens with zero attached hydrogens (tertiary/aromatic N) is 2. The predicted molar refractivity (Wildman–Crippen MR) is 87.6 cm³/mol. The van der Waals surface area contributed by atoms with Crippen LogP contribution in [0.15, 0.2) is 24.3 Å². The monoisotopic (exact) mass is 319 g/mol. The molecule has 1 aliphatic rings.